The van der Waals surface area contributed by atoms with Crippen molar-refractivity contribution in [3.8, 4) is 0 Å². The third-order valence-electron chi connectivity index (χ3n) is 2.83. The number of hydrogen-bond acceptors (Lipinski definition) is 2. The second-order valence-corrected chi connectivity index (χ2v) is 5.26. The lowest BCUT2D eigenvalue weighted by Gasteiger charge is -2.28. The number of rotatable bonds is 9. The van der Waals surface area contributed by atoms with Crippen LogP contribution in [0.2, 0.25) is 0 Å². The van der Waals surface area contributed by atoms with Gasteiger partial charge in [-0.1, -0.05) is 45.6 Å². The molecule has 0 aromatic rings. The molecule has 4 nitrogen and oxygen atoms in total. The summed E-state index contributed by atoms with van der Waals surface area (Å²) in [5.74, 6) is 0. The Hall–Kier alpha value is -0.390. The Balaban J connectivity index is 4.39. The molecule has 0 spiro atoms. The van der Waals surface area contributed by atoms with Gasteiger partial charge in [0.15, 0.2) is 0 Å². The highest BCUT2D eigenvalue weighted by molar-refractivity contribution is 7.83. The van der Waals surface area contributed by atoms with Crippen molar-refractivity contribution in [2.75, 3.05) is 0 Å². The highest BCUT2D eigenvalue weighted by Gasteiger charge is 2.28. The van der Waals surface area contributed by atoms with Crippen LogP contribution in [0.3, 0.4) is 0 Å². The maximum Gasteiger partial charge on any atom is 0.334 e. The molecular weight excluding hydrogens is 226 g/mol. The van der Waals surface area contributed by atoms with Gasteiger partial charge in [0.2, 0.25) is 0 Å². The van der Waals surface area contributed by atoms with Crippen LogP contribution in [0.1, 0.15) is 52.4 Å². The molecule has 0 bridgehead atoms. The predicted molar refractivity (Wildman–Crippen MR) is 66.7 cm³/mol. The minimum absolute atomic E-state index is 0.586. The Morgan fingerprint density at radius 3 is 2.31 bits per heavy atom. The molecule has 0 fully saturated rings. The van der Waals surface area contributed by atoms with Gasteiger partial charge < -0.3 is 0 Å². The normalized spacial score (nSPS) is 15.7. The average Bonchev–Trinajstić information content (AvgIpc) is 2.21. The Morgan fingerprint density at radius 1 is 1.31 bits per heavy atom. The zero-order valence-electron chi connectivity index (χ0n) is 10.2. The molecule has 5 heteroatoms. The van der Waals surface area contributed by atoms with Crippen LogP contribution in [0.5, 0.6) is 0 Å². The Morgan fingerprint density at radius 2 is 1.94 bits per heavy atom. The fraction of sp³-hybridized carbons (Fsp3) is 0.818. The van der Waals surface area contributed by atoms with Crippen molar-refractivity contribution in [1.29, 1.82) is 0 Å². The van der Waals surface area contributed by atoms with Crippen LogP contribution in [0.15, 0.2) is 12.7 Å². The summed E-state index contributed by atoms with van der Waals surface area (Å²) in [5.41, 5.74) is -0.707. The molecule has 0 aliphatic heterocycles. The van der Waals surface area contributed by atoms with Gasteiger partial charge in [0.1, 0.15) is 0 Å². The van der Waals surface area contributed by atoms with Gasteiger partial charge in [-0.15, -0.1) is 6.58 Å². The van der Waals surface area contributed by atoms with Crippen LogP contribution in [0.25, 0.3) is 0 Å². The Bertz CT molecular complexity index is 300. The fourth-order valence-corrected chi connectivity index (χ4v) is 2.56. The van der Waals surface area contributed by atoms with Crippen molar-refractivity contribution in [3.05, 3.63) is 12.7 Å². The molecule has 1 atom stereocenters. The van der Waals surface area contributed by atoms with Gasteiger partial charge in [0.05, 0.1) is 5.54 Å². The van der Waals surface area contributed by atoms with Crippen molar-refractivity contribution in [1.82, 2.24) is 4.72 Å². The van der Waals surface area contributed by atoms with Crippen LogP contribution in [0.4, 0.5) is 0 Å². The third kappa shape index (κ3) is 6.25. The number of hydrogen-bond donors (Lipinski definition) is 2. The lowest BCUT2D eigenvalue weighted by atomic mass is 9.90. The van der Waals surface area contributed by atoms with E-state index in [9.17, 15) is 8.42 Å². The molecule has 0 saturated carbocycles. The SMILES string of the molecule is C=CC(CC)(CCCCCC)NS(=O)(=O)O. The van der Waals surface area contributed by atoms with Crippen molar-refractivity contribution in [3.63, 3.8) is 0 Å². The minimum atomic E-state index is -4.17. The molecule has 0 rings (SSSR count). The maximum absolute atomic E-state index is 10.9. The van der Waals surface area contributed by atoms with E-state index in [0.717, 1.165) is 25.7 Å². The predicted octanol–water partition coefficient (Wildman–Crippen LogP) is 2.68. The first kappa shape index (κ1) is 15.6. The van der Waals surface area contributed by atoms with E-state index in [1.54, 1.807) is 6.08 Å². The van der Waals surface area contributed by atoms with E-state index in [-0.39, 0.29) is 0 Å². The standard InChI is InChI=1S/C11H23NO3S/c1-4-7-8-9-10-11(5-2,6-3)12-16(13,14)15/h5,12H,2,4,6-10H2,1,3H3,(H,13,14,15). The second-order valence-electron chi connectivity index (χ2n) is 4.10. The molecule has 0 aliphatic carbocycles. The summed E-state index contributed by atoms with van der Waals surface area (Å²) in [6.45, 7) is 7.65. The molecule has 0 aromatic carbocycles. The molecule has 2 N–H and O–H groups in total. The second kappa shape index (κ2) is 7.04. The van der Waals surface area contributed by atoms with E-state index in [1.807, 2.05) is 6.92 Å². The van der Waals surface area contributed by atoms with E-state index in [1.165, 1.54) is 0 Å². The molecule has 0 amide bonds. The van der Waals surface area contributed by atoms with Crippen LogP contribution in [-0.4, -0.2) is 18.5 Å². The highest BCUT2D eigenvalue weighted by Crippen LogP contribution is 2.21. The number of unbranched alkanes of at least 4 members (excludes halogenated alkanes) is 3. The molecule has 0 aliphatic rings. The van der Waals surface area contributed by atoms with Crippen LogP contribution < -0.4 is 4.72 Å². The monoisotopic (exact) mass is 249 g/mol. The highest BCUT2D eigenvalue weighted by atomic mass is 32.2. The van der Waals surface area contributed by atoms with Gasteiger partial charge in [0.25, 0.3) is 0 Å². The van der Waals surface area contributed by atoms with Crippen molar-refractivity contribution >= 4 is 10.3 Å². The van der Waals surface area contributed by atoms with Gasteiger partial charge in [-0.3, -0.25) is 4.55 Å². The van der Waals surface area contributed by atoms with Crippen LogP contribution in [-0.2, 0) is 10.3 Å². The molecule has 16 heavy (non-hydrogen) atoms. The van der Waals surface area contributed by atoms with Crippen molar-refractivity contribution < 1.29 is 13.0 Å². The average molecular weight is 249 g/mol. The minimum Gasteiger partial charge on any atom is -0.273 e. The zero-order chi connectivity index (χ0) is 12.7. The van der Waals surface area contributed by atoms with Crippen molar-refractivity contribution in [2.24, 2.45) is 0 Å². The maximum atomic E-state index is 10.9. The Kier molecular flexibility index (Phi) is 6.87. The summed E-state index contributed by atoms with van der Waals surface area (Å²) in [6, 6.07) is 0. The van der Waals surface area contributed by atoms with Gasteiger partial charge in [-0.05, 0) is 12.8 Å². The quantitative estimate of drug-likeness (QED) is 0.375. The molecule has 0 aromatic heterocycles. The van der Waals surface area contributed by atoms with Gasteiger partial charge in [-0.25, -0.2) is 0 Å². The smallest absolute Gasteiger partial charge is 0.273 e. The summed E-state index contributed by atoms with van der Waals surface area (Å²) >= 11 is 0. The molecule has 1 unspecified atom stereocenters. The summed E-state index contributed by atoms with van der Waals surface area (Å²) in [6.07, 6.45) is 7.11. The molecular formula is C11H23NO3S. The third-order valence-corrected chi connectivity index (χ3v) is 3.49. The Labute approximate surface area is 99.0 Å². The molecule has 96 valence electrons. The van der Waals surface area contributed by atoms with Gasteiger partial charge >= 0.3 is 10.3 Å². The lowest BCUT2D eigenvalue weighted by molar-refractivity contribution is 0.374. The molecule has 0 saturated heterocycles. The number of nitrogens with one attached hydrogen (secondary N) is 1. The zero-order valence-corrected chi connectivity index (χ0v) is 11.0. The van der Waals surface area contributed by atoms with Gasteiger partial charge in [-0.2, -0.15) is 13.1 Å². The van der Waals surface area contributed by atoms with Crippen molar-refractivity contribution in [2.45, 2.75) is 57.9 Å². The molecule has 0 heterocycles. The summed E-state index contributed by atoms with van der Waals surface area (Å²) in [7, 11) is -4.17. The lowest BCUT2D eigenvalue weighted by Crippen LogP contribution is -2.45. The largest absolute Gasteiger partial charge is 0.334 e. The van der Waals surface area contributed by atoms with E-state index in [2.05, 4.69) is 18.2 Å². The first-order valence-corrected chi connectivity index (χ1v) is 7.23. The summed E-state index contributed by atoms with van der Waals surface area (Å²) in [5, 5.41) is 0. The first-order chi connectivity index (χ1) is 7.39. The van der Waals surface area contributed by atoms with E-state index < -0.39 is 15.8 Å². The summed E-state index contributed by atoms with van der Waals surface area (Å²) in [4.78, 5) is 0. The van der Waals surface area contributed by atoms with Gasteiger partial charge in [0, 0.05) is 0 Å². The van der Waals surface area contributed by atoms with Crippen LogP contribution >= 0.6 is 0 Å². The topological polar surface area (TPSA) is 66.4 Å². The first-order valence-electron chi connectivity index (χ1n) is 5.79. The fourth-order valence-electron chi connectivity index (χ4n) is 1.71. The molecule has 0 radical (unpaired) electrons. The summed E-state index contributed by atoms with van der Waals surface area (Å²) < 4.78 is 32.8. The van der Waals surface area contributed by atoms with E-state index >= 15 is 0 Å². The van der Waals surface area contributed by atoms with Crippen LogP contribution in [0, 0.1) is 0 Å². The van der Waals surface area contributed by atoms with E-state index in [4.69, 9.17) is 4.55 Å². The van der Waals surface area contributed by atoms with E-state index in [0.29, 0.717) is 12.8 Å².